The van der Waals surface area contributed by atoms with Crippen molar-refractivity contribution in [1.82, 2.24) is 9.80 Å². The molecule has 0 bridgehead atoms. The van der Waals surface area contributed by atoms with Crippen LogP contribution in [0.25, 0.3) is 0 Å². The highest BCUT2D eigenvalue weighted by molar-refractivity contribution is 6.31. The lowest BCUT2D eigenvalue weighted by Crippen LogP contribution is -2.48. The Balaban J connectivity index is 1.32. The number of carbonyl (C=O) groups excluding carboxylic acids is 1. The fourth-order valence-electron chi connectivity index (χ4n) is 4.30. The normalized spacial score (nSPS) is 14.6. The van der Waals surface area contributed by atoms with Crippen LogP contribution in [0.4, 0.5) is 0 Å². The van der Waals surface area contributed by atoms with Crippen LogP contribution in [0.2, 0.25) is 5.02 Å². The van der Waals surface area contributed by atoms with Crippen LogP contribution in [0, 0.1) is 13.8 Å². The molecule has 1 aliphatic rings. The number of piperazine rings is 1. The zero-order valence-electron chi connectivity index (χ0n) is 20.4. The highest BCUT2D eigenvalue weighted by Gasteiger charge is 2.24. The fourth-order valence-corrected chi connectivity index (χ4v) is 4.47. The monoisotopic (exact) mass is 480 g/mol. The summed E-state index contributed by atoms with van der Waals surface area (Å²) in [6.45, 7) is 12.6. The Morgan fingerprint density at radius 3 is 2.53 bits per heavy atom. The van der Waals surface area contributed by atoms with E-state index < -0.39 is 0 Å². The molecule has 0 atom stereocenters. The van der Waals surface area contributed by atoms with Gasteiger partial charge < -0.3 is 14.1 Å². The lowest BCUT2D eigenvalue weighted by atomic mass is 10.0. The van der Waals surface area contributed by atoms with Gasteiger partial charge in [-0.25, -0.2) is 0 Å². The number of hydrogen-bond acceptors (Lipinski definition) is 4. The number of amides is 1. The van der Waals surface area contributed by atoms with Gasteiger partial charge in [0, 0.05) is 37.7 Å². The molecule has 1 saturated heterocycles. The number of aryl methyl sites for hydroxylation is 2. The second kappa shape index (κ2) is 10.7. The van der Waals surface area contributed by atoms with E-state index in [1.165, 1.54) is 11.1 Å². The summed E-state index contributed by atoms with van der Waals surface area (Å²) in [5, 5.41) is 0.737. The number of carbonyl (C=O) groups is 1. The molecule has 0 radical (unpaired) electrons. The maximum absolute atomic E-state index is 13.0. The van der Waals surface area contributed by atoms with Crippen molar-refractivity contribution >= 4 is 17.5 Å². The van der Waals surface area contributed by atoms with Crippen LogP contribution >= 0.6 is 11.6 Å². The van der Waals surface area contributed by atoms with E-state index in [0.29, 0.717) is 24.6 Å². The SMILES string of the molecule is Cc1cccc(CN2CCN(C(=O)c3ccc(COc4cc(C)c(Cl)cc4C(C)C)o3)CC2)c1. The summed E-state index contributed by atoms with van der Waals surface area (Å²) in [6, 6.07) is 16.1. The highest BCUT2D eigenvalue weighted by Crippen LogP contribution is 2.32. The summed E-state index contributed by atoms with van der Waals surface area (Å²) in [5.41, 5.74) is 4.61. The molecule has 0 saturated carbocycles. The number of halogens is 1. The van der Waals surface area contributed by atoms with Gasteiger partial charge in [-0.3, -0.25) is 9.69 Å². The predicted octanol–water partition coefficient (Wildman–Crippen LogP) is 6.21. The first-order chi connectivity index (χ1) is 16.3. The number of nitrogens with zero attached hydrogens (tertiary/aromatic N) is 2. The number of hydrogen-bond donors (Lipinski definition) is 0. The van der Waals surface area contributed by atoms with E-state index in [1.807, 2.05) is 30.0 Å². The van der Waals surface area contributed by atoms with Crippen LogP contribution in [0.15, 0.2) is 52.9 Å². The van der Waals surface area contributed by atoms with Crippen molar-refractivity contribution in [3.05, 3.63) is 87.3 Å². The van der Waals surface area contributed by atoms with Gasteiger partial charge in [-0.15, -0.1) is 0 Å². The van der Waals surface area contributed by atoms with E-state index in [1.54, 1.807) is 6.07 Å². The molecule has 2 aromatic carbocycles. The summed E-state index contributed by atoms with van der Waals surface area (Å²) in [5.74, 6) is 2.01. The van der Waals surface area contributed by atoms with Crippen LogP contribution in [0.5, 0.6) is 5.75 Å². The topological polar surface area (TPSA) is 45.9 Å². The second-order valence-corrected chi connectivity index (χ2v) is 9.81. The summed E-state index contributed by atoms with van der Waals surface area (Å²) < 4.78 is 11.9. The van der Waals surface area contributed by atoms with E-state index in [2.05, 4.69) is 49.9 Å². The van der Waals surface area contributed by atoms with Crippen LogP contribution in [0.1, 0.15) is 58.3 Å². The zero-order chi connectivity index (χ0) is 24.2. The number of benzene rings is 2. The van der Waals surface area contributed by atoms with Crippen molar-refractivity contribution in [3.8, 4) is 5.75 Å². The first kappa shape index (κ1) is 24.4. The lowest BCUT2D eigenvalue weighted by molar-refractivity contribution is 0.0594. The van der Waals surface area contributed by atoms with Crippen molar-refractivity contribution in [1.29, 1.82) is 0 Å². The Labute approximate surface area is 207 Å². The van der Waals surface area contributed by atoms with Gasteiger partial charge in [-0.05, 0) is 60.7 Å². The largest absolute Gasteiger partial charge is 0.485 e. The van der Waals surface area contributed by atoms with E-state index in [0.717, 1.165) is 41.5 Å². The Kier molecular flexibility index (Phi) is 7.64. The first-order valence-corrected chi connectivity index (χ1v) is 12.3. The van der Waals surface area contributed by atoms with Gasteiger partial charge in [0.05, 0.1) is 0 Å². The standard InChI is InChI=1S/C28H33ClN2O3/c1-19(2)24-16-25(29)21(4)15-27(24)33-18-23-8-9-26(34-23)28(32)31-12-10-30(11-13-31)17-22-7-5-6-20(3)14-22/h5-9,14-16,19H,10-13,17-18H2,1-4H3. The summed E-state index contributed by atoms with van der Waals surface area (Å²) in [4.78, 5) is 17.2. The minimum Gasteiger partial charge on any atom is -0.485 e. The van der Waals surface area contributed by atoms with Gasteiger partial charge in [0.1, 0.15) is 18.1 Å². The van der Waals surface area contributed by atoms with E-state index >= 15 is 0 Å². The molecule has 0 spiro atoms. The van der Waals surface area contributed by atoms with Crippen molar-refractivity contribution in [2.45, 2.75) is 46.8 Å². The van der Waals surface area contributed by atoms with Gasteiger partial charge in [0.15, 0.2) is 5.76 Å². The molecule has 0 unspecified atom stereocenters. The lowest BCUT2D eigenvalue weighted by Gasteiger charge is -2.34. The molecule has 2 heterocycles. The maximum Gasteiger partial charge on any atom is 0.289 e. The minimum atomic E-state index is -0.0633. The minimum absolute atomic E-state index is 0.0633. The number of rotatable bonds is 7. The molecule has 1 amide bonds. The molecular formula is C28H33ClN2O3. The Morgan fingerprint density at radius 1 is 1.06 bits per heavy atom. The average Bonchev–Trinajstić information content (AvgIpc) is 3.28. The summed E-state index contributed by atoms with van der Waals surface area (Å²) in [7, 11) is 0. The van der Waals surface area contributed by atoms with Crippen LogP contribution in [-0.2, 0) is 13.2 Å². The van der Waals surface area contributed by atoms with Crippen molar-refractivity contribution in [3.63, 3.8) is 0 Å². The number of furan rings is 1. The van der Waals surface area contributed by atoms with Gasteiger partial charge in [-0.1, -0.05) is 55.3 Å². The van der Waals surface area contributed by atoms with E-state index in [4.69, 9.17) is 20.8 Å². The molecule has 180 valence electrons. The quantitative estimate of drug-likeness (QED) is 0.403. The van der Waals surface area contributed by atoms with Crippen LogP contribution < -0.4 is 4.74 Å². The van der Waals surface area contributed by atoms with Gasteiger partial charge in [-0.2, -0.15) is 0 Å². The smallest absolute Gasteiger partial charge is 0.289 e. The van der Waals surface area contributed by atoms with Crippen molar-refractivity contribution in [2.75, 3.05) is 26.2 Å². The maximum atomic E-state index is 13.0. The molecule has 0 aliphatic carbocycles. The second-order valence-electron chi connectivity index (χ2n) is 9.41. The Morgan fingerprint density at radius 2 is 1.82 bits per heavy atom. The van der Waals surface area contributed by atoms with E-state index in [-0.39, 0.29) is 18.4 Å². The third-order valence-electron chi connectivity index (χ3n) is 6.30. The molecule has 1 aromatic heterocycles. The molecule has 6 heteroatoms. The molecular weight excluding hydrogens is 448 g/mol. The van der Waals surface area contributed by atoms with Crippen LogP contribution in [0.3, 0.4) is 0 Å². The molecule has 4 rings (SSSR count). The first-order valence-electron chi connectivity index (χ1n) is 11.9. The Bertz CT molecular complexity index is 1150. The Hall–Kier alpha value is -2.76. The van der Waals surface area contributed by atoms with Gasteiger partial charge in [0.25, 0.3) is 5.91 Å². The third kappa shape index (κ3) is 5.83. The van der Waals surface area contributed by atoms with E-state index in [9.17, 15) is 4.79 Å². The summed E-state index contributed by atoms with van der Waals surface area (Å²) in [6.07, 6.45) is 0. The fraction of sp³-hybridized carbons (Fsp3) is 0.393. The van der Waals surface area contributed by atoms with Crippen molar-refractivity contribution < 1.29 is 13.9 Å². The van der Waals surface area contributed by atoms with Crippen LogP contribution in [-0.4, -0.2) is 41.9 Å². The predicted molar refractivity (Wildman–Crippen MR) is 136 cm³/mol. The highest BCUT2D eigenvalue weighted by atomic mass is 35.5. The average molecular weight is 481 g/mol. The molecule has 34 heavy (non-hydrogen) atoms. The molecule has 0 N–H and O–H groups in total. The van der Waals surface area contributed by atoms with Crippen molar-refractivity contribution in [2.24, 2.45) is 0 Å². The molecule has 5 nitrogen and oxygen atoms in total. The number of ether oxygens (including phenoxy) is 1. The van der Waals surface area contributed by atoms with Gasteiger partial charge in [0.2, 0.25) is 0 Å². The molecule has 1 fully saturated rings. The third-order valence-corrected chi connectivity index (χ3v) is 6.71. The molecule has 1 aliphatic heterocycles. The molecule has 3 aromatic rings. The van der Waals surface area contributed by atoms with Gasteiger partial charge >= 0.3 is 0 Å². The zero-order valence-corrected chi connectivity index (χ0v) is 21.2. The summed E-state index contributed by atoms with van der Waals surface area (Å²) >= 11 is 6.30.